The molecule has 1 aromatic heterocycles. The lowest BCUT2D eigenvalue weighted by molar-refractivity contribution is -0.118. The lowest BCUT2D eigenvalue weighted by Crippen LogP contribution is -2.37. The number of piperidine rings is 1. The molecule has 0 atom stereocenters. The largest absolute Gasteiger partial charge is 0.368 e. The van der Waals surface area contributed by atoms with Gasteiger partial charge in [0.1, 0.15) is 5.82 Å². The highest BCUT2D eigenvalue weighted by Gasteiger charge is 2.21. The molecule has 3 rings (SSSR count). The number of carbonyl (C=O) groups excluding carboxylic acids is 1. The third-order valence-electron chi connectivity index (χ3n) is 3.72. The molecule has 2 heterocycles. The summed E-state index contributed by atoms with van der Waals surface area (Å²) in [5.41, 5.74) is 7.81. The number of nitrogens with zero attached hydrogens (tertiary/aromatic N) is 3. The first-order valence-corrected chi connectivity index (χ1v) is 7.62. The highest BCUT2D eigenvalue weighted by molar-refractivity contribution is 6.30. The van der Waals surface area contributed by atoms with Crippen LogP contribution in [0.4, 0.5) is 11.8 Å². The van der Waals surface area contributed by atoms with E-state index in [1.165, 1.54) is 0 Å². The number of halogens is 1. The summed E-state index contributed by atoms with van der Waals surface area (Å²) in [6, 6.07) is 7.67. The Kier molecular flexibility index (Phi) is 4.24. The number of anilines is 2. The van der Waals surface area contributed by atoms with Crippen molar-refractivity contribution in [3.63, 3.8) is 0 Å². The van der Waals surface area contributed by atoms with Crippen molar-refractivity contribution in [2.45, 2.75) is 19.3 Å². The van der Waals surface area contributed by atoms with Gasteiger partial charge >= 0.3 is 0 Å². The first-order chi connectivity index (χ1) is 10.6. The first kappa shape index (κ1) is 14.8. The van der Waals surface area contributed by atoms with Gasteiger partial charge < -0.3 is 10.6 Å². The topological polar surface area (TPSA) is 72.1 Å². The Morgan fingerprint density at radius 1 is 1.27 bits per heavy atom. The number of benzene rings is 1. The van der Waals surface area contributed by atoms with Crippen LogP contribution in [0.1, 0.15) is 24.0 Å². The van der Waals surface area contributed by atoms with Crippen LogP contribution in [0.2, 0.25) is 5.02 Å². The van der Waals surface area contributed by atoms with Crippen LogP contribution >= 0.6 is 11.6 Å². The van der Waals surface area contributed by atoms with Crippen molar-refractivity contribution in [1.82, 2.24) is 9.97 Å². The number of aromatic nitrogens is 2. The Bertz CT molecular complexity index is 687. The number of rotatable bonds is 3. The van der Waals surface area contributed by atoms with Crippen molar-refractivity contribution < 1.29 is 4.79 Å². The van der Waals surface area contributed by atoms with Crippen LogP contribution in [0, 0.1) is 0 Å². The van der Waals surface area contributed by atoms with Crippen LogP contribution in [-0.2, 0) is 11.2 Å². The summed E-state index contributed by atoms with van der Waals surface area (Å²) >= 11 is 5.92. The minimum atomic E-state index is 0.230. The fourth-order valence-electron chi connectivity index (χ4n) is 2.65. The van der Waals surface area contributed by atoms with Gasteiger partial charge in [-0.25, -0.2) is 4.98 Å². The molecule has 0 spiro atoms. The summed E-state index contributed by atoms with van der Waals surface area (Å²) in [5.74, 6) is 1.23. The predicted molar refractivity (Wildman–Crippen MR) is 87.2 cm³/mol. The molecule has 2 aromatic rings. The van der Waals surface area contributed by atoms with Crippen molar-refractivity contribution in [2.75, 3.05) is 23.7 Å². The molecule has 22 heavy (non-hydrogen) atoms. The molecular weight excluding hydrogens is 300 g/mol. The van der Waals surface area contributed by atoms with Crippen molar-refractivity contribution in [1.29, 1.82) is 0 Å². The molecule has 1 aliphatic rings. The molecule has 1 fully saturated rings. The van der Waals surface area contributed by atoms with Gasteiger partial charge in [-0.2, -0.15) is 4.98 Å². The highest BCUT2D eigenvalue weighted by Crippen LogP contribution is 2.24. The number of nitrogens with two attached hydrogens (primary N) is 1. The maximum absolute atomic E-state index is 11.7. The number of Topliss-reactive ketones (excluding diaryl/α,β-unsaturated/α-hetero) is 1. The van der Waals surface area contributed by atoms with E-state index in [1.54, 1.807) is 6.20 Å². The van der Waals surface area contributed by atoms with Gasteiger partial charge in [-0.3, -0.25) is 4.79 Å². The Morgan fingerprint density at radius 2 is 2.05 bits per heavy atom. The van der Waals surface area contributed by atoms with Crippen LogP contribution in [0.15, 0.2) is 30.5 Å². The molecule has 6 heteroatoms. The summed E-state index contributed by atoms with van der Waals surface area (Å²) in [6.07, 6.45) is 3.91. The van der Waals surface area contributed by atoms with Crippen molar-refractivity contribution in [3.8, 4) is 0 Å². The number of nitrogen functional groups attached to an aromatic ring is 1. The Hall–Kier alpha value is -2.14. The van der Waals surface area contributed by atoms with E-state index in [0.29, 0.717) is 24.4 Å². The van der Waals surface area contributed by atoms with Crippen LogP contribution < -0.4 is 10.6 Å². The third-order valence-corrected chi connectivity index (χ3v) is 3.97. The number of ketones is 1. The van der Waals surface area contributed by atoms with E-state index in [0.717, 1.165) is 29.9 Å². The van der Waals surface area contributed by atoms with E-state index < -0.39 is 0 Å². The molecule has 2 N–H and O–H groups in total. The number of hydrogen-bond acceptors (Lipinski definition) is 5. The van der Waals surface area contributed by atoms with E-state index in [4.69, 9.17) is 17.3 Å². The zero-order valence-electron chi connectivity index (χ0n) is 12.1. The molecular formula is C16H17ClN4O. The van der Waals surface area contributed by atoms with Crippen molar-refractivity contribution in [3.05, 3.63) is 46.6 Å². The molecule has 0 amide bonds. The van der Waals surface area contributed by atoms with Gasteiger partial charge in [0.15, 0.2) is 5.78 Å². The minimum Gasteiger partial charge on any atom is -0.368 e. The van der Waals surface area contributed by atoms with E-state index in [1.807, 2.05) is 29.2 Å². The van der Waals surface area contributed by atoms with Crippen LogP contribution in [0.5, 0.6) is 0 Å². The SMILES string of the molecule is Nc1ncc(Cc2ccc(Cl)cc2)c(N2CCCC(=O)C2)n1. The summed E-state index contributed by atoms with van der Waals surface area (Å²) < 4.78 is 0. The Balaban J connectivity index is 1.90. The average Bonchev–Trinajstić information content (AvgIpc) is 2.51. The van der Waals surface area contributed by atoms with Gasteiger partial charge in [-0.1, -0.05) is 23.7 Å². The van der Waals surface area contributed by atoms with Crippen molar-refractivity contribution in [2.24, 2.45) is 0 Å². The molecule has 5 nitrogen and oxygen atoms in total. The molecule has 0 unspecified atom stereocenters. The van der Waals surface area contributed by atoms with Crippen LogP contribution in [-0.4, -0.2) is 28.8 Å². The molecule has 0 aliphatic carbocycles. The fraction of sp³-hybridized carbons (Fsp3) is 0.312. The Labute approximate surface area is 134 Å². The molecule has 0 bridgehead atoms. The molecule has 1 aromatic carbocycles. The molecule has 1 aliphatic heterocycles. The lowest BCUT2D eigenvalue weighted by Gasteiger charge is -2.28. The quantitative estimate of drug-likeness (QED) is 0.941. The van der Waals surface area contributed by atoms with E-state index in [9.17, 15) is 4.79 Å². The summed E-state index contributed by atoms with van der Waals surface area (Å²) in [4.78, 5) is 22.2. The summed E-state index contributed by atoms with van der Waals surface area (Å²) in [6.45, 7) is 1.21. The van der Waals surface area contributed by atoms with Crippen LogP contribution in [0.3, 0.4) is 0 Å². The van der Waals surface area contributed by atoms with Gasteiger partial charge in [-0.05, 0) is 24.1 Å². The zero-order valence-corrected chi connectivity index (χ0v) is 12.9. The summed E-state index contributed by atoms with van der Waals surface area (Å²) in [5, 5.41) is 0.708. The molecule has 0 saturated carbocycles. The predicted octanol–water partition coefficient (Wildman–Crippen LogP) is 2.47. The molecule has 114 valence electrons. The standard InChI is InChI=1S/C16H17ClN4O/c17-13-5-3-11(4-6-13)8-12-9-19-16(18)20-15(12)21-7-1-2-14(22)10-21/h3-6,9H,1-2,7-8,10H2,(H2,18,19,20). The van der Waals surface area contributed by atoms with Crippen LogP contribution in [0.25, 0.3) is 0 Å². The monoisotopic (exact) mass is 316 g/mol. The maximum atomic E-state index is 11.7. The number of hydrogen-bond donors (Lipinski definition) is 1. The normalized spacial score (nSPS) is 15.1. The van der Waals surface area contributed by atoms with Gasteiger partial charge in [-0.15, -0.1) is 0 Å². The van der Waals surface area contributed by atoms with Crippen molar-refractivity contribution >= 4 is 29.2 Å². The summed E-state index contributed by atoms with van der Waals surface area (Å²) in [7, 11) is 0. The first-order valence-electron chi connectivity index (χ1n) is 7.24. The second-order valence-corrected chi connectivity index (χ2v) is 5.88. The minimum absolute atomic E-state index is 0.230. The zero-order chi connectivity index (χ0) is 15.5. The molecule has 0 radical (unpaired) electrons. The second-order valence-electron chi connectivity index (χ2n) is 5.44. The lowest BCUT2D eigenvalue weighted by atomic mass is 10.0. The Morgan fingerprint density at radius 3 is 2.77 bits per heavy atom. The second kappa shape index (κ2) is 6.32. The third kappa shape index (κ3) is 3.36. The van der Waals surface area contributed by atoms with E-state index in [2.05, 4.69) is 9.97 Å². The molecule has 1 saturated heterocycles. The highest BCUT2D eigenvalue weighted by atomic mass is 35.5. The van der Waals surface area contributed by atoms with E-state index in [-0.39, 0.29) is 11.7 Å². The van der Waals surface area contributed by atoms with Gasteiger partial charge in [0, 0.05) is 36.2 Å². The maximum Gasteiger partial charge on any atom is 0.221 e. The van der Waals surface area contributed by atoms with Gasteiger partial charge in [0.25, 0.3) is 0 Å². The fourth-order valence-corrected chi connectivity index (χ4v) is 2.78. The average molecular weight is 317 g/mol. The van der Waals surface area contributed by atoms with E-state index >= 15 is 0 Å². The smallest absolute Gasteiger partial charge is 0.221 e. The van der Waals surface area contributed by atoms with Gasteiger partial charge in [0.05, 0.1) is 6.54 Å². The number of carbonyl (C=O) groups is 1. The van der Waals surface area contributed by atoms with Gasteiger partial charge in [0.2, 0.25) is 5.95 Å².